The Kier molecular flexibility index (Phi) is 5.00. The molecule has 0 radical (unpaired) electrons. The molecular weight excluding hydrogens is 357 g/mol. The monoisotopic (exact) mass is 381 g/mol. The molecule has 28 heavy (non-hydrogen) atoms. The van der Waals surface area contributed by atoms with Crippen LogP contribution in [0.5, 0.6) is 0 Å². The molecule has 0 bridgehead atoms. The van der Waals surface area contributed by atoms with Crippen LogP contribution in [0.1, 0.15) is 24.2 Å². The van der Waals surface area contributed by atoms with Crippen LogP contribution < -0.4 is 5.32 Å². The van der Waals surface area contributed by atoms with Crippen LogP contribution in [0.3, 0.4) is 0 Å². The molecule has 1 atom stereocenters. The van der Waals surface area contributed by atoms with Crippen molar-refractivity contribution in [3.05, 3.63) is 66.4 Å². The van der Waals surface area contributed by atoms with Gasteiger partial charge in [-0.2, -0.15) is 5.10 Å². The number of halogens is 1. The van der Waals surface area contributed by atoms with Crippen molar-refractivity contribution in [1.82, 2.24) is 24.6 Å². The van der Waals surface area contributed by atoms with E-state index in [0.29, 0.717) is 36.1 Å². The Morgan fingerprint density at radius 3 is 2.68 bits per heavy atom. The van der Waals surface area contributed by atoms with E-state index in [-0.39, 0.29) is 17.8 Å². The van der Waals surface area contributed by atoms with E-state index in [9.17, 15) is 9.18 Å². The number of para-hydroxylation sites is 1. The van der Waals surface area contributed by atoms with Gasteiger partial charge in [0.25, 0.3) is 5.91 Å². The second-order valence-corrected chi connectivity index (χ2v) is 7.39. The standard InChI is InChI=1S/C21H24FN5O/c1-15(2)18-14-26(12-9-23-18)21(28)16-13-24-27(19-8-4-3-7-17(19)22)20(16)25-10-5-6-11-25/h3-8,10-11,13,15,18,23H,9,12,14H2,1-2H3. The van der Waals surface area contributed by atoms with Gasteiger partial charge in [0.15, 0.2) is 5.82 Å². The molecule has 1 aliphatic rings. The average molecular weight is 381 g/mol. The Labute approximate surface area is 163 Å². The third kappa shape index (κ3) is 3.33. The zero-order valence-corrected chi connectivity index (χ0v) is 16.0. The Morgan fingerprint density at radius 1 is 1.21 bits per heavy atom. The van der Waals surface area contributed by atoms with Crippen LogP contribution in [0.4, 0.5) is 4.39 Å². The lowest BCUT2D eigenvalue weighted by Crippen LogP contribution is -2.54. The van der Waals surface area contributed by atoms with Crippen molar-refractivity contribution in [2.75, 3.05) is 19.6 Å². The van der Waals surface area contributed by atoms with Crippen molar-refractivity contribution in [3.8, 4) is 11.5 Å². The van der Waals surface area contributed by atoms with Gasteiger partial charge in [-0.25, -0.2) is 9.07 Å². The fourth-order valence-corrected chi connectivity index (χ4v) is 3.60. The number of amides is 1. The maximum absolute atomic E-state index is 14.4. The summed E-state index contributed by atoms with van der Waals surface area (Å²) in [6, 6.07) is 10.4. The summed E-state index contributed by atoms with van der Waals surface area (Å²) in [7, 11) is 0. The van der Waals surface area contributed by atoms with Crippen molar-refractivity contribution < 1.29 is 9.18 Å². The molecule has 1 aliphatic heterocycles. The van der Waals surface area contributed by atoms with Gasteiger partial charge in [0.2, 0.25) is 0 Å². The molecule has 1 unspecified atom stereocenters. The first kappa shape index (κ1) is 18.4. The molecule has 0 saturated carbocycles. The predicted molar refractivity (Wildman–Crippen MR) is 105 cm³/mol. The molecule has 4 rings (SSSR count). The first-order valence-corrected chi connectivity index (χ1v) is 9.55. The van der Waals surface area contributed by atoms with Gasteiger partial charge in [-0.3, -0.25) is 4.79 Å². The first-order chi connectivity index (χ1) is 13.6. The van der Waals surface area contributed by atoms with Crippen molar-refractivity contribution in [2.24, 2.45) is 5.92 Å². The molecule has 0 aliphatic carbocycles. The van der Waals surface area contributed by atoms with Crippen LogP contribution in [0.2, 0.25) is 0 Å². The molecular formula is C21H24FN5O. The van der Waals surface area contributed by atoms with E-state index in [1.54, 1.807) is 22.8 Å². The van der Waals surface area contributed by atoms with E-state index in [1.807, 2.05) is 29.4 Å². The first-order valence-electron chi connectivity index (χ1n) is 9.55. The minimum Gasteiger partial charge on any atom is -0.336 e. The fraction of sp³-hybridized carbons (Fsp3) is 0.333. The van der Waals surface area contributed by atoms with Gasteiger partial charge in [-0.1, -0.05) is 26.0 Å². The van der Waals surface area contributed by atoms with Gasteiger partial charge in [-0.15, -0.1) is 0 Å². The third-order valence-corrected chi connectivity index (χ3v) is 5.20. The summed E-state index contributed by atoms with van der Waals surface area (Å²) in [6.07, 6.45) is 5.20. The van der Waals surface area contributed by atoms with Crippen LogP contribution in [0, 0.1) is 11.7 Å². The number of aromatic nitrogens is 3. The summed E-state index contributed by atoms with van der Waals surface area (Å²) in [6.45, 7) is 6.33. The lowest BCUT2D eigenvalue weighted by molar-refractivity contribution is 0.0684. The van der Waals surface area contributed by atoms with Gasteiger partial charge < -0.3 is 14.8 Å². The molecule has 7 heteroatoms. The number of hydrogen-bond acceptors (Lipinski definition) is 3. The van der Waals surface area contributed by atoms with Gasteiger partial charge in [-0.05, 0) is 30.2 Å². The van der Waals surface area contributed by atoms with Crippen LogP contribution in [-0.2, 0) is 0 Å². The SMILES string of the molecule is CC(C)C1CN(C(=O)c2cnn(-c3ccccc3F)c2-n2cccc2)CCN1. The number of rotatable bonds is 4. The van der Waals surface area contributed by atoms with E-state index in [0.717, 1.165) is 6.54 Å². The minimum absolute atomic E-state index is 0.0848. The fourth-order valence-electron chi connectivity index (χ4n) is 3.60. The summed E-state index contributed by atoms with van der Waals surface area (Å²) in [4.78, 5) is 15.2. The lowest BCUT2D eigenvalue weighted by Gasteiger charge is -2.35. The zero-order chi connectivity index (χ0) is 19.7. The molecule has 1 saturated heterocycles. The molecule has 1 N–H and O–H groups in total. The van der Waals surface area contributed by atoms with Crippen molar-refractivity contribution >= 4 is 5.91 Å². The molecule has 1 aromatic carbocycles. The smallest absolute Gasteiger partial charge is 0.259 e. The Morgan fingerprint density at radius 2 is 1.96 bits per heavy atom. The summed E-state index contributed by atoms with van der Waals surface area (Å²) >= 11 is 0. The third-order valence-electron chi connectivity index (χ3n) is 5.20. The van der Waals surface area contributed by atoms with E-state index < -0.39 is 0 Å². The highest BCUT2D eigenvalue weighted by Gasteiger charge is 2.29. The maximum atomic E-state index is 14.4. The molecule has 1 amide bonds. The molecule has 6 nitrogen and oxygen atoms in total. The maximum Gasteiger partial charge on any atom is 0.259 e. The van der Waals surface area contributed by atoms with Crippen LogP contribution >= 0.6 is 0 Å². The molecule has 0 spiro atoms. The van der Waals surface area contributed by atoms with Crippen LogP contribution in [0.15, 0.2) is 55.0 Å². The number of benzene rings is 1. The predicted octanol–water partition coefficient (Wildman–Crippen LogP) is 2.87. The van der Waals surface area contributed by atoms with Crippen LogP contribution in [-0.4, -0.2) is 50.8 Å². The van der Waals surface area contributed by atoms with Gasteiger partial charge >= 0.3 is 0 Å². The summed E-state index contributed by atoms with van der Waals surface area (Å²) in [5.41, 5.74) is 0.773. The molecule has 2 aromatic heterocycles. The largest absolute Gasteiger partial charge is 0.336 e. The number of hydrogen-bond donors (Lipinski definition) is 1. The molecule has 146 valence electrons. The zero-order valence-electron chi connectivity index (χ0n) is 16.0. The Bertz CT molecular complexity index is 963. The summed E-state index contributed by atoms with van der Waals surface area (Å²) in [5, 5.41) is 7.83. The number of piperazine rings is 1. The quantitative estimate of drug-likeness (QED) is 0.756. The molecule has 1 fully saturated rings. The number of nitrogens with zero attached hydrogens (tertiary/aromatic N) is 4. The van der Waals surface area contributed by atoms with E-state index in [1.165, 1.54) is 16.9 Å². The van der Waals surface area contributed by atoms with Crippen molar-refractivity contribution in [1.29, 1.82) is 0 Å². The molecule has 3 heterocycles. The summed E-state index contributed by atoms with van der Waals surface area (Å²) in [5.74, 6) is 0.499. The van der Waals surface area contributed by atoms with E-state index in [4.69, 9.17) is 0 Å². The lowest BCUT2D eigenvalue weighted by atomic mass is 10.0. The Balaban J connectivity index is 1.76. The number of nitrogens with one attached hydrogen (secondary N) is 1. The van der Waals surface area contributed by atoms with Gasteiger partial charge in [0, 0.05) is 38.1 Å². The van der Waals surface area contributed by atoms with Gasteiger partial charge in [0.05, 0.1) is 6.20 Å². The second-order valence-electron chi connectivity index (χ2n) is 7.39. The highest BCUT2D eigenvalue weighted by Crippen LogP contribution is 2.23. The normalized spacial score (nSPS) is 17.3. The highest BCUT2D eigenvalue weighted by molar-refractivity contribution is 5.97. The topological polar surface area (TPSA) is 55.1 Å². The van der Waals surface area contributed by atoms with E-state index >= 15 is 0 Å². The molecule has 3 aromatic rings. The Hall–Kier alpha value is -2.93. The van der Waals surface area contributed by atoms with Crippen molar-refractivity contribution in [3.63, 3.8) is 0 Å². The van der Waals surface area contributed by atoms with Gasteiger partial charge in [0.1, 0.15) is 17.1 Å². The van der Waals surface area contributed by atoms with Crippen LogP contribution in [0.25, 0.3) is 11.5 Å². The van der Waals surface area contributed by atoms with E-state index in [2.05, 4.69) is 24.3 Å². The van der Waals surface area contributed by atoms with Crippen molar-refractivity contribution in [2.45, 2.75) is 19.9 Å². The average Bonchev–Trinajstić information content (AvgIpc) is 3.37. The minimum atomic E-state index is -0.389. The number of carbonyl (C=O) groups is 1. The number of carbonyl (C=O) groups excluding carboxylic acids is 1. The summed E-state index contributed by atoms with van der Waals surface area (Å²) < 4.78 is 17.7. The highest BCUT2D eigenvalue weighted by atomic mass is 19.1. The second kappa shape index (κ2) is 7.59.